The van der Waals surface area contributed by atoms with Crippen LogP contribution in [0.5, 0.6) is 5.75 Å². The molecule has 1 unspecified atom stereocenters. The van der Waals surface area contributed by atoms with Gasteiger partial charge in [0.15, 0.2) is 6.10 Å². The number of carbonyl (C=O) groups excluding carboxylic acids is 1. The Kier molecular flexibility index (Phi) is 5.39. The normalized spacial score (nSPS) is 11.8. The van der Waals surface area contributed by atoms with Crippen molar-refractivity contribution in [2.24, 2.45) is 0 Å². The summed E-state index contributed by atoms with van der Waals surface area (Å²) in [5.74, 6) is 0.951. The lowest BCUT2D eigenvalue weighted by Gasteiger charge is -2.14. The molecule has 0 aliphatic carbocycles. The summed E-state index contributed by atoms with van der Waals surface area (Å²) in [6, 6.07) is 21.0. The highest BCUT2D eigenvalue weighted by molar-refractivity contribution is 7.12. The van der Waals surface area contributed by atoms with Gasteiger partial charge in [0.05, 0.1) is 11.4 Å². The number of benzene rings is 2. The number of amides is 1. The summed E-state index contributed by atoms with van der Waals surface area (Å²) >= 11 is 1.47. The molecule has 2 heterocycles. The van der Waals surface area contributed by atoms with E-state index in [9.17, 15) is 4.79 Å². The summed E-state index contributed by atoms with van der Waals surface area (Å²) in [5.41, 5.74) is 2.69. The Morgan fingerprint density at radius 2 is 1.79 bits per heavy atom. The molecule has 4 rings (SSSR count). The van der Waals surface area contributed by atoms with Crippen LogP contribution in [0.4, 0.5) is 5.82 Å². The molecule has 0 fully saturated rings. The summed E-state index contributed by atoms with van der Waals surface area (Å²) in [5, 5.41) is 10.1. The number of nitrogens with one attached hydrogen (secondary N) is 1. The Morgan fingerprint density at radius 3 is 2.52 bits per heavy atom. The van der Waals surface area contributed by atoms with Crippen LogP contribution in [0.15, 0.2) is 72.1 Å². The van der Waals surface area contributed by atoms with Gasteiger partial charge in [-0.3, -0.25) is 4.79 Å². The molecule has 146 valence electrons. The molecule has 1 amide bonds. The van der Waals surface area contributed by atoms with Gasteiger partial charge in [0.2, 0.25) is 5.13 Å². The van der Waals surface area contributed by atoms with Gasteiger partial charge < -0.3 is 10.1 Å². The van der Waals surface area contributed by atoms with Gasteiger partial charge in [-0.25, -0.2) is 4.98 Å². The molecule has 2 aromatic carbocycles. The van der Waals surface area contributed by atoms with Crippen LogP contribution in [0.2, 0.25) is 0 Å². The summed E-state index contributed by atoms with van der Waals surface area (Å²) in [7, 11) is 0. The van der Waals surface area contributed by atoms with Gasteiger partial charge in [0.25, 0.3) is 5.91 Å². The first kappa shape index (κ1) is 18.9. The first-order chi connectivity index (χ1) is 14.1. The highest BCUT2D eigenvalue weighted by Gasteiger charge is 2.19. The molecule has 4 aromatic rings. The topological polar surface area (TPSA) is 69.0 Å². The van der Waals surface area contributed by atoms with Crippen LogP contribution in [0.1, 0.15) is 12.6 Å². The summed E-state index contributed by atoms with van der Waals surface area (Å²) in [6.07, 6.45) is -0.655. The molecular weight excluding hydrogens is 384 g/mol. The Morgan fingerprint density at radius 1 is 1.10 bits per heavy atom. The van der Waals surface area contributed by atoms with Crippen molar-refractivity contribution in [3.05, 3.63) is 77.8 Å². The highest BCUT2D eigenvalue weighted by Crippen LogP contribution is 2.26. The molecule has 7 heteroatoms. The minimum Gasteiger partial charge on any atom is -0.481 e. The fraction of sp³-hybridized carbons (Fsp3) is 0.136. The fourth-order valence-electron chi connectivity index (χ4n) is 2.82. The van der Waals surface area contributed by atoms with Gasteiger partial charge in [0.1, 0.15) is 11.6 Å². The quantitative estimate of drug-likeness (QED) is 0.505. The predicted octanol–water partition coefficient (Wildman–Crippen LogP) is 4.71. The molecular formula is C22H20N4O2S. The second-order valence-corrected chi connectivity index (χ2v) is 7.36. The molecule has 1 atom stereocenters. The minimum atomic E-state index is -0.655. The summed E-state index contributed by atoms with van der Waals surface area (Å²) < 4.78 is 7.36. The third kappa shape index (κ3) is 4.35. The summed E-state index contributed by atoms with van der Waals surface area (Å²) in [4.78, 5) is 17.3. The van der Waals surface area contributed by atoms with E-state index in [1.165, 1.54) is 11.3 Å². The molecule has 0 bridgehead atoms. The van der Waals surface area contributed by atoms with Crippen molar-refractivity contribution in [1.29, 1.82) is 0 Å². The number of rotatable bonds is 6. The van der Waals surface area contributed by atoms with E-state index in [4.69, 9.17) is 4.74 Å². The van der Waals surface area contributed by atoms with E-state index in [0.717, 1.165) is 17.0 Å². The van der Waals surface area contributed by atoms with Crippen LogP contribution in [0.25, 0.3) is 16.4 Å². The number of thiazole rings is 1. The SMILES string of the molecule is Cc1cc(NC(=O)C(C)Oc2ccccc2)n(-c2nc(-c3ccccc3)cs2)n1. The molecule has 0 radical (unpaired) electrons. The predicted molar refractivity (Wildman–Crippen MR) is 115 cm³/mol. The zero-order chi connectivity index (χ0) is 20.2. The van der Waals surface area contributed by atoms with Crippen molar-refractivity contribution in [3.63, 3.8) is 0 Å². The van der Waals surface area contributed by atoms with Crippen molar-refractivity contribution < 1.29 is 9.53 Å². The maximum absolute atomic E-state index is 12.6. The van der Waals surface area contributed by atoms with E-state index in [-0.39, 0.29) is 5.91 Å². The Bertz CT molecular complexity index is 1110. The number of para-hydroxylation sites is 1. The zero-order valence-electron chi connectivity index (χ0n) is 16.1. The number of aryl methyl sites for hydroxylation is 1. The average molecular weight is 404 g/mol. The summed E-state index contributed by atoms with van der Waals surface area (Å²) in [6.45, 7) is 3.59. The van der Waals surface area contributed by atoms with Crippen LogP contribution < -0.4 is 10.1 Å². The standard InChI is InChI=1S/C22H20N4O2S/c1-15-13-20(24-21(27)16(2)28-18-11-7-4-8-12-18)26(25-15)22-23-19(14-29-22)17-9-5-3-6-10-17/h3-14,16H,1-2H3,(H,24,27). The van der Waals surface area contributed by atoms with E-state index in [1.54, 1.807) is 11.6 Å². The van der Waals surface area contributed by atoms with E-state index in [0.29, 0.717) is 16.7 Å². The van der Waals surface area contributed by atoms with Crippen molar-refractivity contribution in [2.75, 3.05) is 5.32 Å². The third-order valence-electron chi connectivity index (χ3n) is 4.25. The second kappa shape index (κ2) is 8.28. The van der Waals surface area contributed by atoms with Crippen molar-refractivity contribution >= 4 is 23.1 Å². The lowest BCUT2D eigenvalue weighted by molar-refractivity contribution is -0.122. The van der Waals surface area contributed by atoms with Crippen molar-refractivity contribution in [3.8, 4) is 22.1 Å². The lowest BCUT2D eigenvalue weighted by Crippen LogP contribution is -2.30. The molecule has 2 aromatic heterocycles. The first-order valence-corrected chi connectivity index (χ1v) is 10.1. The second-order valence-electron chi connectivity index (χ2n) is 6.53. The molecule has 0 saturated carbocycles. The molecule has 6 nitrogen and oxygen atoms in total. The van der Waals surface area contributed by atoms with Crippen LogP contribution in [0.3, 0.4) is 0 Å². The van der Waals surface area contributed by atoms with Crippen molar-refractivity contribution in [2.45, 2.75) is 20.0 Å². The lowest BCUT2D eigenvalue weighted by atomic mass is 10.2. The molecule has 1 N–H and O–H groups in total. The van der Waals surface area contributed by atoms with Crippen LogP contribution in [0, 0.1) is 6.92 Å². The number of ether oxygens (including phenoxy) is 1. The molecule has 0 aliphatic heterocycles. The van der Waals surface area contributed by atoms with Crippen LogP contribution in [-0.4, -0.2) is 26.8 Å². The van der Waals surface area contributed by atoms with E-state index < -0.39 is 6.10 Å². The smallest absolute Gasteiger partial charge is 0.266 e. The fourth-order valence-corrected chi connectivity index (χ4v) is 3.62. The average Bonchev–Trinajstić information content (AvgIpc) is 3.36. The van der Waals surface area contributed by atoms with Gasteiger partial charge in [-0.2, -0.15) is 9.78 Å². The maximum Gasteiger partial charge on any atom is 0.266 e. The van der Waals surface area contributed by atoms with E-state index >= 15 is 0 Å². The molecule has 0 saturated heterocycles. The highest BCUT2D eigenvalue weighted by atomic mass is 32.1. The van der Waals surface area contributed by atoms with E-state index in [1.807, 2.05) is 79.0 Å². The van der Waals surface area contributed by atoms with Gasteiger partial charge in [-0.05, 0) is 26.0 Å². The van der Waals surface area contributed by atoms with Gasteiger partial charge in [-0.15, -0.1) is 11.3 Å². The largest absolute Gasteiger partial charge is 0.481 e. The number of anilines is 1. The molecule has 29 heavy (non-hydrogen) atoms. The van der Waals surface area contributed by atoms with Crippen LogP contribution >= 0.6 is 11.3 Å². The molecule has 0 aliphatic rings. The number of hydrogen-bond donors (Lipinski definition) is 1. The van der Waals surface area contributed by atoms with Crippen molar-refractivity contribution in [1.82, 2.24) is 14.8 Å². The number of nitrogens with zero attached hydrogens (tertiary/aromatic N) is 3. The number of aromatic nitrogens is 3. The minimum absolute atomic E-state index is 0.255. The monoisotopic (exact) mass is 404 g/mol. The number of hydrogen-bond acceptors (Lipinski definition) is 5. The zero-order valence-corrected chi connectivity index (χ0v) is 16.9. The van der Waals surface area contributed by atoms with Crippen LogP contribution in [-0.2, 0) is 4.79 Å². The number of carbonyl (C=O) groups is 1. The van der Waals surface area contributed by atoms with Gasteiger partial charge in [-0.1, -0.05) is 48.5 Å². The van der Waals surface area contributed by atoms with Gasteiger partial charge >= 0.3 is 0 Å². The Balaban J connectivity index is 1.53. The first-order valence-electron chi connectivity index (χ1n) is 9.21. The third-order valence-corrected chi connectivity index (χ3v) is 5.07. The Hall–Kier alpha value is -3.45. The van der Waals surface area contributed by atoms with E-state index in [2.05, 4.69) is 15.4 Å². The maximum atomic E-state index is 12.6. The molecule has 0 spiro atoms. The van der Waals surface area contributed by atoms with Gasteiger partial charge in [0, 0.05) is 17.0 Å². The Labute approximate surface area is 172 Å².